The monoisotopic (exact) mass is 174 g/mol. The summed E-state index contributed by atoms with van der Waals surface area (Å²) in [6.45, 7) is 4.79. The maximum absolute atomic E-state index is 10.9. The van der Waals surface area contributed by atoms with Gasteiger partial charge in [0.2, 0.25) is 0 Å². The van der Waals surface area contributed by atoms with E-state index in [4.69, 9.17) is 5.11 Å². The van der Waals surface area contributed by atoms with E-state index < -0.39 is 17.1 Å². The second-order valence-corrected chi connectivity index (χ2v) is 3.27. The summed E-state index contributed by atoms with van der Waals surface area (Å²) < 4.78 is 10.9. The molecule has 0 aromatic rings. The van der Waals surface area contributed by atoms with Gasteiger partial charge in [0.25, 0.3) is 0 Å². The Morgan fingerprint density at radius 1 is 1.82 bits per heavy atom. The van der Waals surface area contributed by atoms with Crippen molar-refractivity contribution < 1.29 is 14.5 Å². The van der Waals surface area contributed by atoms with Gasteiger partial charge in [-0.2, -0.15) is 0 Å². The molecule has 1 N–H and O–H groups in total. The first-order valence-electron chi connectivity index (χ1n) is 2.97. The minimum absolute atomic E-state index is 0.102. The van der Waals surface area contributed by atoms with Gasteiger partial charge in [0, 0.05) is 0 Å². The van der Waals surface area contributed by atoms with Crippen LogP contribution in [0.2, 0.25) is 0 Å². The van der Waals surface area contributed by atoms with Crippen LogP contribution in [0.4, 0.5) is 0 Å². The van der Waals surface area contributed by atoms with Gasteiger partial charge in [0.05, 0.1) is 5.57 Å². The zero-order chi connectivity index (χ0) is 8.85. The minimum atomic E-state index is -1.23. The second-order valence-electron chi connectivity index (χ2n) is 1.94. The molecule has 4 heteroatoms. The minimum Gasteiger partial charge on any atom is -0.612 e. The number of rotatable bonds is 4. The molecule has 0 saturated carbocycles. The first-order chi connectivity index (χ1) is 5.07. The van der Waals surface area contributed by atoms with Crippen LogP contribution in [0, 0.1) is 0 Å². The molecule has 0 radical (unpaired) electrons. The number of hydrogen-bond acceptors (Lipinski definition) is 2. The molecule has 0 heterocycles. The highest BCUT2D eigenvalue weighted by Crippen LogP contribution is 2.00. The van der Waals surface area contributed by atoms with E-state index in [0.717, 1.165) is 0 Å². The standard InChI is InChI=1S/C7H10O3S/c1-3-4-11(10)5-6(2)7(8)9/h3,5H,1,4H2,2H3,(H,8,9). The van der Waals surface area contributed by atoms with E-state index in [1.807, 2.05) is 0 Å². The Balaban J connectivity index is 4.06. The van der Waals surface area contributed by atoms with Crippen LogP contribution in [0.25, 0.3) is 0 Å². The maximum Gasteiger partial charge on any atom is 0.335 e. The topological polar surface area (TPSA) is 60.4 Å². The van der Waals surface area contributed by atoms with E-state index in [0.29, 0.717) is 5.75 Å². The first-order valence-corrected chi connectivity index (χ1v) is 4.36. The Bertz CT molecular complexity index is 186. The molecule has 3 nitrogen and oxygen atoms in total. The van der Waals surface area contributed by atoms with E-state index in [2.05, 4.69) is 6.58 Å². The van der Waals surface area contributed by atoms with Crippen molar-refractivity contribution in [3.8, 4) is 0 Å². The average Bonchev–Trinajstić information content (AvgIpc) is 1.87. The highest BCUT2D eigenvalue weighted by Gasteiger charge is 2.05. The summed E-state index contributed by atoms with van der Waals surface area (Å²) in [6.07, 6.45) is 1.49. The van der Waals surface area contributed by atoms with Crippen LogP contribution in [0.1, 0.15) is 6.92 Å². The predicted molar refractivity (Wildman–Crippen MR) is 44.6 cm³/mol. The first kappa shape index (κ1) is 10.3. The molecule has 1 atom stereocenters. The molecule has 62 valence electrons. The third-order valence-electron chi connectivity index (χ3n) is 0.928. The fourth-order valence-corrected chi connectivity index (χ4v) is 1.24. The molecule has 0 fully saturated rings. The summed E-state index contributed by atoms with van der Waals surface area (Å²) in [5.74, 6) is -0.743. The molecule has 0 rings (SSSR count). The lowest BCUT2D eigenvalue weighted by Gasteiger charge is -2.01. The van der Waals surface area contributed by atoms with E-state index in [1.54, 1.807) is 0 Å². The van der Waals surface area contributed by atoms with E-state index in [-0.39, 0.29) is 5.57 Å². The van der Waals surface area contributed by atoms with Gasteiger partial charge < -0.3 is 9.66 Å². The molecule has 11 heavy (non-hydrogen) atoms. The van der Waals surface area contributed by atoms with Crippen LogP contribution in [0.15, 0.2) is 23.6 Å². The zero-order valence-corrected chi connectivity index (χ0v) is 7.06. The van der Waals surface area contributed by atoms with Gasteiger partial charge in [-0.15, -0.1) is 0 Å². The predicted octanol–water partition coefficient (Wildman–Crippen LogP) is 0.909. The summed E-state index contributed by atoms with van der Waals surface area (Å²) in [5.41, 5.74) is 0.102. The molecule has 0 amide bonds. The van der Waals surface area contributed by atoms with Crippen LogP contribution in [-0.4, -0.2) is 21.4 Å². The molecule has 1 unspecified atom stereocenters. The largest absolute Gasteiger partial charge is 0.612 e. The number of carboxylic acids is 1. The number of hydrogen-bond donors (Lipinski definition) is 1. The molecule has 0 spiro atoms. The van der Waals surface area contributed by atoms with Crippen molar-refractivity contribution in [2.45, 2.75) is 6.92 Å². The Morgan fingerprint density at radius 3 is 2.73 bits per heavy atom. The Kier molecular flexibility index (Phi) is 4.65. The van der Waals surface area contributed by atoms with Crippen molar-refractivity contribution in [3.05, 3.63) is 23.6 Å². The van der Waals surface area contributed by atoms with Gasteiger partial charge in [0.1, 0.15) is 11.2 Å². The Morgan fingerprint density at radius 2 is 2.36 bits per heavy atom. The lowest BCUT2D eigenvalue weighted by atomic mass is 10.4. The zero-order valence-electron chi connectivity index (χ0n) is 6.24. The van der Waals surface area contributed by atoms with Crippen molar-refractivity contribution in [2.75, 3.05) is 5.75 Å². The fraction of sp³-hybridized carbons (Fsp3) is 0.286. The van der Waals surface area contributed by atoms with Crippen molar-refractivity contribution in [1.82, 2.24) is 0 Å². The third-order valence-corrected chi connectivity index (χ3v) is 2.11. The average molecular weight is 174 g/mol. The molecule has 0 aromatic heterocycles. The molecule has 0 aromatic carbocycles. The normalized spacial score (nSPS) is 14.2. The van der Waals surface area contributed by atoms with Crippen LogP contribution in [0.5, 0.6) is 0 Å². The summed E-state index contributed by atoms with van der Waals surface area (Å²) in [4.78, 5) is 10.2. The van der Waals surface area contributed by atoms with Gasteiger partial charge in [-0.1, -0.05) is 6.58 Å². The highest BCUT2D eigenvalue weighted by atomic mass is 32.2. The van der Waals surface area contributed by atoms with E-state index in [1.165, 1.54) is 18.4 Å². The van der Waals surface area contributed by atoms with E-state index in [9.17, 15) is 9.35 Å². The van der Waals surface area contributed by atoms with Crippen molar-refractivity contribution in [1.29, 1.82) is 0 Å². The Hall–Kier alpha value is -0.740. The van der Waals surface area contributed by atoms with Crippen LogP contribution in [-0.2, 0) is 16.0 Å². The maximum atomic E-state index is 10.9. The molecule has 0 aliphatic carbocycles. The Labute approximate surface area is 68.6 Å². The van der Waals surface area contributed by atoms with Gasteiger partial charge in [-0.25, -0.2) is 4.79 Å². The van der Waals surface area contributed by atoms with Crippen LogP contribution < -0.4 is 0 Å². The number of carbonyl (C=O) groups is 1. The van der Waals surface area contributed by atoms with Crippen LogP contribution >= 0.6 is 0 Å². The van der Waals surface area contributed by atoms with E-state index >= 15 is 0 Å². The van der Waals surface area contributed by atoms with Gasteiger partial charge in [0.15, 0.2) is 0 Å². The summed E-state index contributed by atoms with van der Waals surface area (Å²) in [6, 6.07) is 0. The van der Waals surface area contributed by atoms with Gasteiger partial charge in [-0.05, 0) is 24.2 Å². The molecule has 0 aliphatic rings. The molecule has 0 bridgehead atoms. The highest BCUT2D eigenvalue weighted by molar-refractivity contribution is 7.94. The number of carboxylic acid groups (broad SMARTS) is 1. The molecule has 0 saturated heterocycles. The third kappa shape index (κ3) is 4.64. The second kappa shape index (κ2) is 4.98. The summed E-state index contributed by atoms with van der Waals surface area (Å²) in [7, 11) is 0. The molecule has 0 aliphatic heterocycles. The van der Waals surface area contributed by atoms with Crippen molar-refractivity contribution in [2.24, 2.45) is 0 Å². The fourth-order valence-electron chi connectivity index (χ4n) is 0.412. The van der Waals surface area contributed by atoms with Crippen molar-refractivity contribution in [3.63, 3.8) is 0 Å². The molecular formula is C7H10O3S. The van der Waals surface area contributed by atoms with Crippen LogP contribution in [0.3, 0.4) is 0 Å². The quantitative estimate of drug-likeness (QED) is 0.391. The van der Waals surface area contributed by atoms with Gasteiger partial charge >= 0.3 is 5.97 Å². The summed E-state index contributed by atoms with van der Waals surface area (Å²) in [5, 5.41) is 9.58. The summed E-state index contributed by atoms with van der Waals surface area (Å²) >= 11 is -1.23. The SMILES string of the molecule is C=CC[S+]([O-])C=C(C)C(=O)O. The molecular weight excluding hydrogens is 164 g/mol. The smallest absolute Gasteiger partial charge is 0.335 e. The van der Waals surface area contributed by atoms with Gasteiger partial charge in [-0.3, -0.25) is 0 Å². The lowest BCUT2D eigenvalue weighted by Crippen LogP contribution is -2.04. The van der Waals surface area contributed by atoms with Crippen molar-refractivity contribution >= 4 is 17.1 Å². The lowest BCUT2D eigenvalue weighted by molar-refractivity contribution is -0.132. The number of aliphatic carboxylic acids is 1.